The van der Waals surface area contributed by atoms with Gasteiger partial charge in [-0.1, -0.05) is 140 Å². The van der Waals surface area contributed by atoms with Crippen LogP contribution < -0.4 is 26.2 Å². The van der Waals surface area contributed by atoms with Gasteiger partial charge in [0.1, 0.15) is 0 Å². The smallest absolute Gasteiger partial charge is 0.252 e. The van der Waals surface area contributed by atoms with E-state index in [1.807, 2.05) is 0 Å². The fraction of sp³-hybridized carbons (Fsp3) is 0. The number of para-hydroxylation sites is 2. The van der Waals surface area contributed by atoms with E-state index in [0.29, 0.717) is 0 Å². The molecule has 0 saturated carbocycles. The van der Waals surface area contributed by atoms with Gasteiger partial charge in [0.2, 0.25) is 0 Å². The second-order valence-electron chi connectivity index (χ2n) is 17.3. The fourth-order valence-electron chi connectivity index (χ4n) is 11.0. The van der Waals surface area contributed by atoms with Crippen molar-refractivity contribution < 1.29 is 0 Å². The summed E-state index contributed by atoms with van der Waals surface area (Å²) in [5.41, 5.74) is 13.5. The highest BCUT2D eigenvalue weighted by molar-refractivity contribution is 7.00. The van der Waals surface area contributed by atoms with Crippen LogP contribution in [0.1, 0.15) is 0 Å². The maximum atomic E-state index is 2.55. The van der Waals surface area contributed by atoms with Crippen LogP contribution in [-0.2, 0) is 0 Å². The molecule has 0 N–H and O–H groups in total. The van der Waals surface area contributed by atoms with Crippen LogP contribution in [0.25, 0.3) is 75.8 Å². The quantitative estimate of drug-likeness (QED) is 0.130. The molecule has 2 nitrogen and oxygen atoms in total. The van der Waals surface area contributed by atoms with Crippen LogP contribution in [0.4, 0.5) is 34.1 Å². The maximum Gasteiger partial charge on any atom is 0.252 e. The minimum atomic E-state index is -0.0304. The van der Waals surface area contributed by atoms with Gasteiger partial charge in [-0.25, -0.2) is 0 Å². The summed E-state index contributed by atoms with van der Waals surface area (Å²) in [4.78, 5) is 5.10. The standard InChI is InChI=1S/C60H37BN2/c1-3-21-50(22-4-1)62-56-34-47-29-41-17-9-7-15-39(41)27-45(47)32-54(56)61-55-33-46-28-40-16-8-10-18-42(40)30-48(46)35-57(55)63(51-23-5-2-6-24-51)59-37-49(36-58(62)60(59)61)52-25-13-20-44-26-38-14-11-12-19-43(38)31-53(44)52/h1-37H. The van der Waals surface area contributed by atoms with Gasteiger partial charge >= 0.3 is 0 Å². The average Bonchev–Trinajstić information content (AvgIpc) is 3.33. The van der Waals surface area contributed by atoms with Gasteiger partial charge in [0.05, 0.1) is 0 Å². The predicted octanol–water partition coefficient (Wildman–Crippen LogP) is 14.4. The molecule has 290 valence electrons. The monoisotopic (exact) mass is 796 g/mol. The molecule has 14 rings (SSSR count). The number of hydrogen-bond donors (Lipinski definition) is 0. The molecule has 0 radical (unpaired) electrons. The molecule has 3 heteroatoms. The lowest BCUT2D eigenvalue weighted by molar-refractivity contribution is 1.26. The molecule has 0 amide bonds. The SMILES string of the molecule is c1ccc(N2c3cc4cc5ccccc5cc4cc3B3c4cc5cc6ccccc6cc5cc4N(c4ccccc4)c4cc(-c5cccc6cc7ccccc7cc56)cc2c43)cc1. The summed E-state index contributed by atoms with van der Waals surface area (Å²) in [7, 11) is 0. The van der Waals surface area contributed by atoms with E-state index in [9.17, 15) is 0 Å². The fourth-order valence-corrected chi connectivity index (χ4v) is 11.0. The van der Waals surface area contributed by atoms with E-state index in [1.165, 1.54) is 115 Å². The Balaban J connectivity index is 1.14. The molecule has 12 aromatic rings. The highest BCUT2D eigenvalue weighted by atomic mass is 15.2. The number of nitrogens with zero attached hydrogens (tertiary/aromatic N) is 2. The summed E-state index contributed by atoms with van der Waals surface area (Å²) in [5.74, 6) is 0. The van der Waals surface area contributed by atoms with Crippen molar-refractivity contribution in [2.75, 3.05) is 9.80 Å². The zero-order valence-electron chi connectivity index (χ0n) is 34.3. The van der Waals surface area contributed by atoms with Crippen molar-refractivity contribution in [1.82, 2.24) is 0 Å². The topological polar surface area (TPSA) is 6.48 Å². The van der Waals surface area contributed by atoms with Crippen LogP contribution in [0.3, 0.4) is 0 Å². The normalized spacial score (nSPS) is 13.0. The van der Waals surface area contributed by atoms with Crippen molar-refractivity contribution >= 4 is 122 Å². The van der Waals surface area contributed by atoms with Gasteiger partial charge in [-0.3, -0.25) is 0 Å². The van der Waals surface area contributed by atoms with Gasteiger partial charge in [-0.2, -0.15) is 0 Å². The first kappa shape index (κ1) is 34.6. The molecule has 0 spiro atoms. The molecule has 0 aliphatic carbocycles. The Labute approximate surface area is 365 Å². The lowest BCUT2D eigenvalue weighted by Crippen LogP contribution is -2.61. The lowest BCUT2D eigenvalue weighted by Gasteiger charge is -2.44. The van der Waals surface area contributed by atoms with Crippen LogP contribution in [-0.4, -0.2) is 6.71 Å². The van der Waals surface area contributed by atoms with Crippen molar-refractivity contribution in [3.63, 3.8) is 0 Å². The van der Waals surface area contributed by atoms with Gasteiger partial charge in [-0.05, 0) is 177 Å². The van der Waals surface area contributed by atoms with E-state index in [0.717, 1.165) is 11.4 Å². The van der Waals surface area contributed by atoms with Crippen molar-refractivity contribution in [1.29, 1.82) is 0 Å². The molecule has 0 atom stereocenters. The van der Waals surface area contributed by atoms with Gasteiger partial charge < -0.3 is 9.80 Å². The molecular weight excluding hydrogens is 759 g/mol. The molecule has 12 aromatic carbocycles. The molecule has 2 heterocycles. The average molecular weight is 797 g/mol. The summed E-state index contributed by atoms with van der Waals surface area (Å²) < 4.78 is 0. The number of fused-ring (bicyclic) bond motifs is 10. The third-order valence-corrected chi connectivity index (χ3v) is 13.8. The van der Waals surface area contributed by atoms with E-state index < -0.39 is 0 Å². The van der Waals surface area contributed by atoms with Crippen molar-refractivity contribution in [3.8, 4) is 11.1 Å². The summed E-state index contributed by atoms with van der Waals surface area (Å²) >= 11 is 0. The zero-order valence-corrected chi connectivity index (χ0v) is 34.3. The van der Waals surface area contributed by atoms with Gasteiger partial charge in [0, 0.05) is 34.1 Å². The van der Waals surface area contributed by atoms with Crippen LogP contribution in [0.15, 0.2) is 224 Å². The number of benzene rings is 12. The van der Waals surface area contributed by atoms with E-state index in [1.54, 1.807) is 0 Å². The molecule has 2 aliphatic heterocycles. The first-order valence-electron chi connectivity index (χ1n) is 21.9. The van der Waals surface area contributed by atoms with Gasteiger partial charge in [0.25, 0.3) is 6.71 Å². The van der Waals surface area contributed by atoms with E-state index in [4.69, 9.17) is 0 Å². The minimum Gasteiger partial charge on any atom is -0.311 e. The summed E-state index contributed by atoms with van der Waals surface area (Å²) in [6.45, 7) is -0.0304. The zero-order chi connectivity index (χ0) is 41.2. The van der Waals surface area contributed by atoms with Gasteiger partial charge in [-0.15, -0.1) is 0 Å². The first-order valence-corrected chi connectivity index (χ1v) is 21.9. The Bertz CT molecular complexity index is 3690. The van der Waals surface area contributed by atoms with E-state index in [-0.39, 0.29) is 6.71 Å². The summed E-state index contributed by atoms with van der Waals surface area (Å²) in [6, 6.07) is 84.1. The van der Waals surface area contributed by atoms with Crippen molar-refractivity contribution in [2.24, 2.45) is 0 Å². The predicted molar refractivity (Wildman–Crippen MR) is 271 cm³/mol. The largest absolute Gasteiger partial charge is 0.311 e. The van der Waals surface area contributed by atoms with Crippen molar-refractivity contribution in [3.05, 3.63) is 224 Å². The number of anilines is 6. The summed E-state index contributed by atoms with van der Waals surface area (Å²) in [6.07, 6.45) is 0. The Kier molecular flexibility index (Phi) is 7.23. The molecule has 0 aromatic heterocycles. The lowest BCUT2D eigenvalue weighted by atomic mass is 9.33. The minimum absolute atomic E-state index is 0.0304. The Morgan fingerprint density at radius 3 is 1.11 bits per heavy atom. The van der Waals surface area contributed by atoms with Crippen LogP contribution >= 0.6 is 0 Å². The molecule has 0 unspecified atom stereocenters. The van der Waals surface area contributed by atoms with Crippen LogP contribution in [0.5, 0.6) is 0 Å². The highest BCUT2D eigenvalue weighted by Gasteiger charge is 2.44. The third kappa shape index (κ3) is 5.20. The van der Waals surface area contributed by atoms with Crippen molar-refractivity contribution in [2.45, 2.75) is 0 Å². The molecule has 0 fully saturated rings. The molecular formula is C60H37BN2. The summed E-state index contributed by atoms with van der Waals surface area (Å²) in [5, 5.41) is 15.0. The second kappa shape index (κ2) is 13.2. The number of rotatable bonds is 3. The molecule has 0 saturated heterocycles. The second-order valence-corrected chi connectivity index (χ2v) is 17.3. The van der Waals surface area contributed by atoms with Gasteiger partial charge in [0.15, 0.2) is 0 Å². The Hall–Kier alpha value is -8.14. The third-order valence-electron chi connectivity index (χ3n) is 13.8. The van der Waals surface area contributed by atoms with Crippen LogP contribution in [0, 0.1) is 0 Å². The van der Waals surface area contributed by atoms with Crippen LogP contribution in [0.2, 0.25) is 0 Å². The molecule has 63 heavy (non-hydrogen) atoms. The highest BCUT2D eigenvalue weighted by Crippen LogP contribution is 2.48. The first-order chi connectivity index (χ1) is 31.2. The van der Waals surface area contributed by atoms with E-state index >= 15 is 0 Å². The Morgan fingerprint density at radius 1 is 0.270 bits per heavy atom. The maximum absolute atomic E-state index is 2.55. The van der Waals surface area contributed by atoms with E-state index in [2.05, 4.69) is 234 Å². The number of hydrogen-bond acceptors (Lipinski definition) is 2. The molecule has 0 bridgehead atoms. The Morgan fingerprint density at radius 2 is 0.651 bits per heavy atom. The molecule has 2 aliphatic rings.